The summed E-state index contributed by atoms with van der Waals surface area (Å²) < 4.78 is 10.9. The van der Waals surface area contributed by atoms with Crippen LogP contribution in [0.25, 0.3) is 0 Å². The van der Waals surface area contributed by atoms with E-state index < -0.39 is 0 Å². The third kappa shape index (κ3) is 5.09. The number of unbranched alkanes of at least 4 members (excludes halogenated alkanes) is 3. The fourth-order valence-electron chi connectivity index (χ4n) is 1.85. The number of ether oxygens (including phenoxy) is 2. The molecule has 0 radical (unpaired) electrons. The van der Waals surface area contributed by atoms with Crippen molar-refractivity contribution in [2.24, 2.45) is 5.16 Å². The maximum Gasteiger partial charge on any atom is 0.132 e. The summed E-state index contributed by atoms with van der Waals surface area (Å²) in [6.45, 7) is 2.55. The van der Waals surface area contributed by atoms with Crippen molar-refractivity contribution in [2.45, 2.75) is 32.6 Å². The molecule has 0 saturated carbocycles. The van der Waals surface area contributed by atoms with Crippen LogP contribution in [0, 0.1) is 0 Å². The Hall–Kier alpha value is -1.75. The molecule has 0 unspecified atom stereocenters. The second-order valence-corrected chi connectivity index (χ2v) is 4.53. The fourth-order valence-corrected chi connectivity index (χ4v) is 1.85. The summed E-state index contributed by atoms with van der Waals surface area (Å²) >= 11 is 0. The molecule has 0 saturated heterocycles. The molecule has 1 rings (SSSR count). The van der Waals surface area contributed by atoms with Gasteiger partial charge in [-0.05, 0) is 38.3 Å². The van der Waals surface area contributed by atoms with Gasteiger partial charge in [0, 0.05) is 18.2 Å². The van der Waals surface area contributed by atoms with E-state index in [0.29, 0.717) is 23.8 Å². The molecule has 0 atom stereocenters. The lowest BCUT2D eigenvalue weighted by molar-refractivity contribution is 0.273. The standard InChI is InChI=1S/C15H23NO4/c1-12(16-18)14-8-7-13(19-2)11-15(14)20-10-6-4-3-5-9-17/h7-8,11,17-18H,3-6,9-10H2,1-2H3/b16-12+. The van der Waals surface area contributed by atoms with Gasteiger partial charge in [-0.3, -0.25) is 0 Å². The van der Waals surface area contributed by atoms with E-state index in [1.54, 1.807) is 26.2 Å². The van der Waals surface area contributed by atoms with Crippen LogP contribution in [-0.4, -0.2) is 36.3 Å². The van der Waals surface area contributed by atoms with Crippen LogP contribution in [0.5, 0.6) is 11.5 Å². The van der Waals surface area contributed by atoms with Gasteiger partial charge in [0.1, 0.15) is 11.5 Å². The molecule has 0 spiro atoms. The zero-order chi connectivity index (χ0) is 14.8. The van der Waals surface area contributed by atoms with Gasteiger partial charge in [0.15, 0.2) is 0 Å². The van der Waals surface area contributed by atoms with Crippen LogP contribution in [-0.2, 0) is 0 Å². The number of rotatable bonds is 9. The molecule has 1 aromatic rings. The van der Waals surface area contributed by atoms with Crippen LogP contribution in [0.15, 0.2) is 23.4 Å². The SMILES string of the molecule is COc1ccc(/C(C)=N/O)c(OCCCCCCO)c1. The number of hydrogen-bond acceptors (Lipinski definition) is 5. The first kappa shape index (κ1) is 16.3. The molecule has 0 heterocycles. The molecule has 0 aliphatic heterocycles. The summed E-state index contributed by atoms with van der Waals surface area (Å²) in [7, 11) is 1.60. The van der Waals surface area contributed by atoms with Gasteiger partial charge >= 0.3 is 0 Å². The van der Waals surface area contributed by atoms with E-state index in [1.807, 2.05) is 6.07 Å². The summed E-state index contributed by atoms with van der Waals surface area (Å²) in [5.74, 6) is 1.36. The van der Waals surface area contributed by atoms with Gasteiger partial charge < -0.3 is 19.8 Å². The number of methoxy groups -OCH3 is 1. The molecule has 5 nitrogen and oxygen atoms in total. The smallest absolute Gasteiger partial charge is 0.132 e. The second kappa shape index (κ2) is 9.20. The van der Waals surface area contributed by atoms with Crippen molar-refractivity contribution in [3.05, 3.63) is 23.8 Å². The van der Waals surface area contributed by atoms with E-state index >= 15 is 0 Å². The predicted octanol–water partition coefficient (Wildman–Crippen LogP) is 2.82. The van der Waals surface area contributed by atoms with Crippen LogP contribution >= 0.6 is 0 Å². The quantitative estimate of drug-likeness (QED) is 0.316. The van der Waals surface area contributed by atoms with E-state index in [9.17, 15) is 0 Å². The van der Waals surface area contributed by atoms with Gasteiger partial charge in [0.05, 0.1) is 19.4 Å². The van der Waals surface area contributed by atoms with Crippen molar-refractivity contribution in [3.8, 4) is 11.5 Å². The lowest BCUT2D eigenvalue weighted by Crippen LogP contribution is -2.04. The van der Waals surface area contributed by atoms with Gasteiger partial charge in [-0.25, -0.2) is 0 Å². The van der Waals surface area contributed by atoms with Gasteiger partial charge in [0.2, 0.25) is 0 Å². The highest BCUT2D eigenvalue weighted by Gasteiger charge is 2.09. The number of oxime groups is 1. The number of nitrogens with zero attached hydrogens (tertiary/aromatic N) is 1. The van der Waals surface area contributed by atoms with E-state index in [0.717, 1.165) is 31.2 Å². The molecule has 0 bridgehead atoms. The first-order valence-corrected chi connectivity index (χ1v) is 6.83. The Labute approximate surface area is 119 Å². The first-order valence-electron chi connectivity index (χ1n) is 6.83. The van der Waals surface area contributed by atoms with Gasteiger partial charge in [-0.2, -0.15) is 0 Å². The summed E-state index contributed by atoms with van der Waals surface area (Å²) in [4.78, 5) is 0. The first-order chi connectivity index (χ1) is 9.72. The van der Waals surface area contributed by atoms with Crippen LogP contribution in [0.1, 0.15) is 38.2 Å². The molecule has 0 aliphatic rings. The monoisotopic (exact) mass is 281 g/mol. The minimum atomic E-state index is 0.243. The van der Waals surface area contributed by atoms with Crippen LogP contribution in [0.4, 0.5) is 0 Å². The Morgan fingerprint density at radius 1 is 1.20 bits per heavy atom. The molecular weight excluding hydrogens is 258 g/mol. The van der Waals surface area contributed by atoms with Crippen molar-refractivity contribution in [1.29, 1.82) is 0 Å². The average Bonchev–Trinajstić information content (AvgIpc) is 2.49. The third-order valence-corrected chi connectivity index (χ3v) is 3.04. The Kier molecular flexibility index (Phi) is 7.50. The molecule has 5 heteroatoms. The minimum absolute atomic E-state index is 0.243. The summed E-state index contributed by atoms with van der Waals surface area (Å²) in [5, 5.41) is 20.8. The average molecular weight is 281 g/mol. The van der Waals surface area contributed by atoms with Crippen LogP contribution in [0.3, 0.4) is 0 Å². The highest BCUT2D eigenvalue weighted by Crippen LogP contribution is 2.25. The summed E-state index contributed by atoms with van der Waals surface area (Å²) in [5.41, 5.74) is 1.26. The van der Waals surface area contributed by atoms with E-state index in [1.165, 1.54) is 0 Å². The highest BCUT2D eigenvalue weighted by molar-refractivity contribution is 6.00. The molecule has 0 aromatic heterocycles. The topological polar surface area (TPSA) is 71.3 Å². The van der Waals surface area contributed by atoms with E-state index in [2.05, 4.69) is 5.16 Å². The van der Waals surface area contributed by atoms with Crippen molar-refractivity contribution < 1.29 is 19.8 Å². The molecule has 0 aliphatic carbocycles. The number of aliphatic hydroxyl groups excluding tert-OH is 1. The summed E-state index contributed by atoms with van der Waals surface area (Å²) in [6, 6.07) is 5.41. The maximum atomic E-state index is 8.89. The molecule has 1 aromatic carbocycles. The molecule has 0 amide bonds. The maximum absolute atomic E-state index is 8.89. The number of aliphatic hydroxyl groups is 1. The van der Waals surface area contributed by atoms with Crippen molar-refractivity contribution in [2.75, 3.05) is 20.3 Å². The lowest BCUT2D eigenvalue weighted by atomic mass is 10.1. The van der Waals surface area contributed by atoms with Gasteiger partial charge in [-0.1, -0.05) is 11.6 Å². The van der Waals surface area contributed by atoms with Crippen molar-refractivity contribution in [1.82, 2.24) is 0 Å². The highest BCUT2D eigenvalue weighted by atomic mass is 16.5. The molecule has 0 fully saturated rings. The van der Waals surface area contributed by atoms with Gasteiger partial charge in [-0.15, -0.1) is 0 Å². The Morgan fingerprint density at radius 3 is 2.60 bits per heavy atom. The summed E-state index contributed by atoms with van der Waals surface area (Å²) in [6.07, 6.45) is 3.78. The predicted molar refractivity (Wildman–Crippen MR) is 78.0 cm³/mol. The Balaban J connectivity index is 2.61. The molecule has 20 heavy (non-hydrogen) atoms. The lowest BCUT2D eigenvalue weighted by Gasteiger charge is -2.12. The second-order valence-electron chi connectivity index (χ2n) is 4.53. The number of benzene rings is 1. The molecule has 2 N–H and O–H groups in total. The minimum Gasteiger partial charge on any atom is -0.497 e. The zero-order valence-corrected chi connectivity index (χ0v) is 12.1. The van der Waals surface area contributed by atoms with Crippen LogP contribution in [0.2, 0.25) is 0 Å². The molecule has 112 valence electrons. The Morgan fingerprint density at radius 2 is 1.95 bits per heavy atom. The van der Waals surface area contributed by atoms with Crippen LogP contribution < -0.4 is 9.47 Å². The van der Waals surface area contributed by atoms with E-state index in [4.69, 9.17) is 19.8 Å². The molecular formula is C15H23NO4. The number of hydrogen-bond donors (Lipinski definition) is 2. The van der Waals surface area contributed by atoms with E-state index in [-0.39, 0.29) is 6.61 Å². The fraction of sp³-hybridized carbons (Fsp3) is 0.533. The van der Waals surface area contributed by atoms with Crippen molar-refractivity contribution >= 4 is 5.71 Å². The van der Waals surface area contributed by atoms with Crippen molar-refractivity contribution in [3.63, 3.8) is 0 Å². The Bertz CT molecular complexity index is 432. The van der Waals surface area contributed by atoms with Gasteiger partial charge in [0.25, 0.3) is 0 Å². The normalized spacial score (nSPS) is 11.4. The zero-order valence-electron chi connectivity index (χ0n) is 12.1. The third-order valence-electron chi connectivity index (χ3n) is 3.04. The largest absolute Gasteiger partial charge is 0.497 e.